The van der Waals surface area contributed by atoms with E-state index in [2.05, 4.69) is 10.2 Å². The van der Waals surface area contributed by atoms with Gasteiger partial charge >= 0.3 is 0 Å². The summed E-state index contributed by atoms with van der Waals surface area (Å²) in [5.41, 5.74) is 0. The van der Waals surface area contributed by atoms with Crippen molar-refractivity contribution in [1.29, 1.82) is 0 Å². The van der Waals surface area contributed by atoms with Crippen LogP contribution in [0.25, 0.3) is 0 Å². The van der Waals surface area contributed by atoms with E-state index in [-0.39, 0.29) is 18.2 Å². The van der Waals surface area contributed by atoms with Crippen molar-refractivity contribution < 1.29 is 17.9 Å². The number of ether oxygens (including phenoxy) is 1. The molecule has 4 nitrogen and oxygen atoms in total. The Bertz CT molecular complexity index is 534. The first-order valence-electron chi connectivity index (χ1n) is 5.14. The van der Waals surface area contributed by atoms with Gasteiger partial charge in [-0.3, -0.25) is 0 Å². The van der Waals surface area contributed by atoms with Crippen LogP contribution in [0.4, 0.5) is 8.78 Å². The van der Waals surface area contributed by atoms with E-state index < -0.39 is 11.6 Å². The van der Waals surface area contributed by atoms with E-state index in [0.717, 1.165) is 12.1 Å². The van der Waals surface area contributed by atoms with Crippen LogP contribution in [0.5, 0.6) is 5.75 Å². The molecule has 0 atom stereocenters. The van der Waals surface area contributed by atoms with Crippen molar-refractivity contribution in [1.82, 2.24) is 10.2 Å². The van der Waals surface area contributed by atoms with Crippen LogP contribution in [0.15, 0.2) is 22.6 Å². The van der Waals surface area contributed by atoms with Gasteiger partial charge in [0.1, 0.15) is 5.75 Å². The highest BCUT2D eigenvalue weighted by Gasteiger charge is 2.08. The number of alkyl halides is 1. The molecular weight excluding hydrogens is 266 g/mol. The maximum Gasteiger partial charge on any atom is 0.253 e. The Balaban J connectivity index is 1.95. The van der Waals surface area contributed by atoms with Gasteiger partial charge in [0, 0.05) is 18.4 Å². The van der Waals surface area contributed by atoms with E-state index in [0.29, 0.717) is 18.2 Å². The highest BCUT2D eigenvalue weighted by molar-refractivity contribution is 6.17. The van der Waals surface area contributed by atoms with Gasteiger partial charge in [-0.15, -0.1) is 21.8 Å². The van der Waals surface area contributed by atoms with Crippen molar-refractivity contribution in [2.45, 2.75) is 13.0 Å². The van der Waals surface area contributed by atoms with E-state index in [1.54, 1.807) is 0 Å². The van der Waals surface area contributed by atoms with Crippen molar-refractivity contribution in [3.63, 3.8) is 0 Å². The summed E-state index contributed by atoms with van der Waals surface area (Å²) in [6, 6.07) is 3.25. The van der Waals surface area contributed by atoms with E-state index in [1.807, 2.05) is 0 Å². The van der Waals surface area contributed by atoms with Crippen LogP contribution in [-0.2, 0) is 13.0 Å². The first kappa shape index (κ1) is 12.8. The standard InChI is InChI=1S/C11H9ClF2N2O2/c12-4-3-10-15-16-11(18-10)6-17-7-1-2-8(13)9(14)5-7/h1-2,5H,3-4,6H2. The Morgan fingerprint density at radius 3 is 2.67 bits per heavy atom. The zero-order valence-electron chi connectivity index (χ0n) is 9.20. The summed E-state index contributed by atoms with van der Waals surface area (Å²) < 4.78 is 35.9. The molecule has 0 N–H and O–H groups in total. The van der Waals surface area contributed by atoms with Gasteiger partial charge in [-0.2, -0.15) is 0 Å². The zero-order chi connectivity index (χ0) is 13.0. The molecule has 0 saturated carbocycles. The SMILES string of the molecule is Fc1ccc(OCc2nnc(CCCl)o2)cc1F. The second-order valence-electron chi connectivity index (χ2n) is 3.39. The summed E-state index contributed by atoms with van der Waals surface area (Å²) in [7, 11) is 0. The molecule has 0 amide bonds. The molecule has 7 heteroatoms. The van der Waals surface area contributed by atoms with Crippen molar-refractivity contribution in [3.05, 3.63) is 41.6 Å². The molecule has 0 fully saturated rings. The average molecular weight is 275 g/mol. The summed E-state index contributed by atoms with van der Waals surface area (Å²) in [4.78, 5) is 0. The van der Waals surface area contributed by atoms with Crippen molar-refractivity contribution >= 4 is 11.6 Å². The van der Waals surface area contributed by atoms with E-state index in [9.17, 15) is 8.78 Å². The first-order chi connectivity index (χ1) is 8.69. The molecule has 0 aliphatic carbocycles. The molecule has 1 aromatic carbocycles. The van der Waals surface area contributed by atoms with Crippen LogP contribution in [0.3, 0.4) is 0 Å². The normalized spacial score (nSPS) is 10.6. The number of aryl methyl sites for hydroxylation is 1. The minimum absolute atomic E-state index is 0.0135. The lowest BCUT2D eigenvalue weighted by Crippen LogP contribution is -1.96. The fourth-order valence-electron chi connectivity index (χ4n) is 1.24. The molecule has 0 unspecified atom stereocenters. The third kappa shape index (κ3) is 3.16. The highest BCUT2D eigenvalue weighted by atomic mass is 35.5. The molecule has 1 heterocycles. The third-order valence-electron chi connectivity index (χ3n) is 2.07. The molecule has 96 valence electrons. The fraction of sp³-hybridized carbons (Fsp3) is 0.273. The molecule has 0 spiro atoms. The van der Waals surface area contributed by atoms with Gasteiger partial charge in [0.25, 0.3) is 5.89 Å². The average Bonchev–Trinajstić information content (AvgIpc) is 2.79. The van der Waals surface area contributed by atoms with Gasteiger partial charge < -0.3 is 9.15 Å². The number of aromatic nitrogens is 2. The molecule has 1 aromatic heterocycles. The molecule has 2 aromatic rings. The monoisotopic (exact) mass is 274 g/mol. The summed E-state index contributed by atoms with van der Waals surface area (Å²) in [6.45, 7) is -0.0135. The second-order valence-corrected chi connectivity index (χ2v) is 3.77. The lowest BCUT2D eigenvalue weighted by Gasteiger charge is -2.03. The number of halogens is 3. The van der Waals surface area contributed by atoms with E-state index in [1.165, 1.54) is 6.07 Å². The van der Waals surface area contributed by atoms with Crippen LogP contribution < -0.4 is 4.74 Å². The number of benzene rings is 1. The first-order valence-corrected chi connectivity index (χ1v) is 5.67. The van der Waals surface area contributed by atoms with Gasteiger partial charge in [0.2, 0.25) is 5.89 Å². The molecule has 0 aliphatic rings. The number of hydrogen-bond acceptors (Lipinski definition) is 4. The molecular formula is C11H9ClF2N2O2. The van der Waals surface area contributed by atoms with Crippen LogP contribution >= 0.6 is 11.6 Å². The van der Waals surface area contributed by atoms with Crippen LogP contribution in [-0.4, -0.2) is 16.1 Å². The number of hydrogen-bond donors (Lipinski definition) is 0. The Hall–Kier alpha value is -1.69. The van der Waals surface area contributed by atoms with Gasteiger partial charge in [-0.25, -0.2) is 8.78 Å². The molecule has 0 bridgehead atoms. The Morgan fingerprint density at radius 2 is 1.94 bits per heavy atom. The molecule has 0 aliphatic heterocycles. The summed E-state index contributed by atoms with van der Waals surface area (Å²) in [6.07, 6.45) is 0.472. The van der Waals surface area contributed by atoms with Crippen molar-refractivity contribution in [3.8, 4) is 5.75 Å². The van der Waals surface area contributed by atoms with Crippen LogP contribution in [0.1, 0.15) is 11.8 Å². The maximum absolute atomic E-state index is 12.9. The zero-order valence-corrected chi connectivity index (χ0v) is 9.95. The number of rotatable bonds is 5. The summed E-state index contributed by atoms with van der Waals surface area (Å²) >= 11 is 5.51. The van der Waals surface area contributed by atoms with Crippen LogP contribution in [0, 0.1) is 11.6 Å². The topological polar surface area (TPSA) is 48.2 Å². The quantitative estimate of drug-likeness (QED) is 0.787. The second kappa shape index (κ2) is 5.77. The lowest BCUT2D eigenvalue weighted by molar-refractivity contribution is 0.257. The maximum atomic E-state index is 12.9. The molecule has 2 rings (SSSR count). The van der Waals surface area contributed by atoms with Crippen molar-refractivity contribution in [2.75, 3.05) is 5.88 Å². The van der Waals surface area contributed by atoms with Gasteiger partial charge in [0.15, 0.2) is 18.2 Å². The van der Waals surface area contributed by atoms with Crippen LogP contribution in [0.2, 0.25) is 0 Å². The molecule has 0 saturated heterocycles. The van der Waals surface area contributed by atoms with Gasteiger partial charge in [0.05, 0.1) is 0 Å². The van der Waals surface area contributed by atoms with Crippen molar-refractivity contribution in [2.24, 2.45) is 0 Å². The lowest BCUT2D eigenvalue weighted by atomic mass is 10.3. The highest BCUT2D eigenvalue weighted by Crippen LogP contribution is 2.16. The largest absolute Gasteiger partial charge is 0.484 e. The molecule has 0 radical (unpaired) electrons. The summed E-state index contributed by atoms with van der Waals surface area (Å²) in [5, 5.41) is 7.46. The Kier molecular flexibility index (Phi) is 4.09. The minimum Gasteiger partial charge on any atom is -0.484 e. The predicted molar refractivity (Wildman–Crippen MR) is 59.4 cm³/mol. The fourth-order valence-corrected chi connectivity index (χ4v) is 1.40. The number of nitrogens with zero attached hydrogens (tertiary/aromatic N) is 2. The molecule has 18 heavy (non-hydrogen) atoms. The smallest absolute Gasteiger partial charge is 0.253 e. The summed E-state index contributed by atoms with van der Waals surface area (Å²) in [5.74, 6) is -0.670. The Labute approximate surface area is 107 Å². The van der Waals surface area contributed by atoms with E-state index >= 15 is 0 Å². The minimum atomic E-state index is -0.971. The third-order valence-corrected chi connectivity index (χ3v) is 2.26. The Morgan fingerprint density at radius 1 is 1.17 bits per heavy atom. The predicted octanol–water partition coefficient (Wildman–Crippen LogP) is 2.71. The van der Waals surface area contributed by atoms with E-state index in [4.69, 9.17) is 20.8 Å². The van der Waals surface area contributed by atoms with Gasteiger partial charge in [-0.1, -0.05) is 0 Å². The van der Waals surface area contributed by atoms with Gasteiger partial charge in [-0.05, 0) is 12.1 Å².